The second-order valence-electron chi connectivity index (χ2n) is 3.85. The lowest BCUT2D eigenvalue weighted by Crippen LogP contribution is -2.31. The van der Waals surface area contributed by atoms with Crippen molar-refractivity contribution in [3.05, 3.63) is 34.9 Å². The molecule has 0 amide bonds. The van der Waals surface area contributed by atoms with Crippen molar-refractivity contribution in [2.24, 2.45) is 0 Å². The Kier molecular flexibility index (Phi) is 4.74. The Balaban J connectivity index is 3.13. The molecule has 3 heteroatoms. The maximum Gasteiger partial charge on any atom is 0.327 e. The van der Waals surface area contributed by atoms with Crippen LogP contribution in [-0.4, -0.2) is 19.6 Å². The van der Waals surface area contributed by atoms with Crippen molar-refractivity contribution >= 4 is 5.97 Å². The molecule has 0 aliphatic rings. The third-order valence-electron chi connectivity index (χ3n) is 2.68. The van der Waals surface area contributed by atoms with E-state index in [1.165, 1.54) is 7.11 Å². The zero-order valence-electron chi connectivity index (χ0n) is 10.4. The van der Waals surface area contributed by atoms with E-state index in [4.69, 9.17) is 11.2 Å². The van der Waals surface area contributed by atoms with Crippen LogP contribution < -0.4 is 5.32 Å². The Morgan fingerprint density at radius 3 is 2.53 bits per heavy atom. The van der Waals surface area contributed by atoms with E-state index < -0.39 is 6.04 Å². The minimum absolute atomic E-state index is 0.322. The quantitative estimate of drug-likeness (QED) is 0.633. The number of rotatable bonds is 4. The fourth-order valence-corrected chi connectivity index (χ4v) is 1.86. The summed E-state index contributed by atoms with van der Waals surface area (Å²) < 4.78 is 4.80. The number of benzene rings is 1. The van der Waals surface area contributed by atoms with Crippen LogP contribution >= 0.6 is 0 Å². The van der Waals surface area contributed by atoms with E-state index in [1.54, 1.807) is 0 Å². The average Bonchev–Trinajstić information content (AvgIpc) is 2.32. The van der Waals surface area contributed by atoms with Gasteiger partial charge in [0, 0.05) is 0 Å². The zero-order valence-corrected chi connectivity index (χ0v) is 10.4. The summed E-state index contributed by atoms with van der Waals surface area (Å²) in [5.41, 5.74) is 3.03. The number of esters is 1. The second kappa shape index (κ2) is 6.07. The van der Waals surface area contributed by atoms with Gasteiger partial charge in [0.05, 0.1) is 13.7 Å². The Morgan fingerprint density at radius 2 is 2.06 bits per heavy atom. The standard InChI is InChI=1S/C14H17NO2/c1-5-9-15-13(14(16)17-4)12-10(2)7-6-8-11(12)3/h1,6-8,13,15H,9H2,2-4H3. The molecule has 0 aliphatic heterocycles. The van der Waals surface area contributed by atoms with Crippen LogP contribution in [0, 0.1) is 26.2 Å². The lowest BCUT2D eigenvalue weighted by Gasteiger charge is -2.19. The number of ether oxygens (including phenoxy) is 1. The van der Waals surface area contributed by atoms with Crippen LogP contribution in [0.15, 0.2) is 18.2 Å². The summed E-state index contributed by atoms with van der Waals surface area (Å²) in [6.45, 7) is 4.26. The number of hydrogen-bond donors (Lipinski definition) is 1. The summed E-state index contributed by atoms with van der Waals surface area (Å²) >= 11 is 0. The minimum atomic E-state index is -0.503. The van der Waals surface area contributed by atoms with Gasteiger partial charge in [-0.1, -0.05) is 24.1 Å². The lowest BCUT2D eigenvalue weighted by atomic mass is 9.96. The molecule has 1 aromatic carbocycles. The highest BCUT2D eigenvalue weighted by atomic mass is 16.5. The van der Waals surface area contributed by atoms with Gasteiger partial charge in [-0.2, -0.15) is 0 Å². The number of nitrogens with one attached hydrogen (secondary N) is 1. The SMILES string of the molecule is C#CCNC(C(=O)OC)c1c(C)cccc1C. The van der Waals surface area contributed by atoms with Crippen molar-refractivity contribution in [3.63, 3.8) is 0 Å². The fourth-order valence-electron chi connectivity index (χ4n) is 1.86. The molecule has 0 saturated carbocycles. The number of aryl methyl sites for hydroxylation is 2. The van der Waals surface area contributed by atoms with E-state index in [0.29, 0.717) is 6.54 Å². The Labute approximate surface area is 102 Å². The molecule has 17 heavy (non-hydrogen) atoms. The molecule has 0 fully saturated rings. The van der Waals surface area contributed by atoms with Crippen LogP contribution in [0.25, 0.3) is 0 Å². The molecule has 1 rings (SSSR count). The Hall–Kier alpha value is -1.79. The molecule has 1 N–H and O–H groups in total. The summed E-state index contributed by atoms with van der Waals surface area (Å²) in [5.74, 6) is 2.15. The molecule has 0 bridgehead atoms. The number of terminal acetylenes is 1. The molecule has 0 heterocycles. The highest BCUT2D eigenvalue weighted by Crippen LogP contribution is 2.22. The first-order valence-electron chi connectivity index (χ1n) is 5.42. The van der Waals surface area contributed by atoms with E-state index >= 15 is 0 Å². The normalized spacial score (nSPS) is 11.6. The monoisotopic (exact) mass is 231 g/mol. The van der Waals surface area contributed by atoms with Gasteiger partial charge in [-0.25, -0.2) is 4.79 Å². The molecular formula is C14H17NO2. The highest BCUT2D eigenvalue weighted by molar-refractivity contribution is 5.78. The minimum Gasteiger partial charge on any atom is -0.468 e. The Bertz CT molecular complexity index is 426. The van der Waals surface area contributed by atoms with Gasteiger partial charge >= 0.3 is 5.97 Å². The van der Waals surface area contributed by atoms with Crippen molar-refractivity contribution in [2.45, 2.75) is 19.9 Å². The first-order chi connectivity index (χ1) is 8.11. The molecule has 0 spiro atoms. The lowest BCUT2D eigenvalue weighted by molar-refractivity contribution is -0.143. The van der Waals surface area contributed by atoms with Gasteiger partial charge in [0.1, 0.15) is 6.04 Å². The van der Waals surface area contributed by atoms with Crippen molar-refractivity contribution in [3.8, 4) is 12.3 Å². The largest absolute Gasteiger partial charge is 0.468 e. The van der Waals surface area contributed by atoms with Crippen molar-refractivity contribution in [1.29, 1.82) is 0 Å². The van der Waals surface area contributed by atoms with Crippen LogP contribution in [0.3, 0.4) is 0 Å². The molecule has 1 aromatic rings. The fraction of sp³-hybridized carbons (Fsp3) is 0.357. The topological polar surface area (TPSA) is 38.3 Å². The molecule has 0 saturated heterocycles. The van der Waals surface area contributed by atoms with Gasteiger partial charge in [-0.05, 0) is 30.5 Å². The first-order valence-corrected chi connectivity index (χ1v) is 5.42. The smallest absolute Gasteiger partial charge is 0.327 e. The second-order valence-corrected chi connectivity index (χ2v) is 3.85. The summed E-state index contributed by atoms with van der Waals surface area (Å²) in [5, 5.41) is 3.01. The molecular weight excluding hydrogens is 214 g/mol. The van der Waals surface area contributed by atoms with E-state index in [1.807, 2.05) is 32.0 Å². The van der Waals surface area contributed by atoms with E-state index in [9.17, 15) is 4.79 Å². The molecule has 3 nitrogen and oxygen atoms in total. The van der Waals surface area contributed by atoms with Gasteiger partial charge in [-0.3, -0.25) is 5.32 Å². The average molecular weight is 231 g/mol. The molecule has 1 unspecified atom stereocenters. The molecule has 90 valence electrons. The van der Waals surface area contributed by atoms with Crippen LogP contribution in [-0.2, 0) is 9.53 Å². The summed E-state index contributed by atoms with van der Waals surface area (Å²) in [6.07, 6.45) is 5.21. The maximum atomic E-state index is 11.8. The van der Waals surface area contributed by atoms with Crippen molar-refractivity contribution in [2.75, 3.05) is 13.7 Å². The zero-order chi connectivity index (χ0) is 12.8. The van der Waals surface area contributed by atoms with Gasteiger partial charge in [-0.15, -0.1) is 6.42 Å². The summed E-state index contributed by atoms with van der Waals surface area (Å²) in [7, 11) is 1.38. The number of hydrogen-bond acceptors (Lipinski definition) is 3. The van der Waals surface area contributed by atoms with E-state index in [-0.39, 0.29) is 5.97 Å². The predicted octanol–water partition coefficient (Wildman–Crippen LogP) is 1.74. The van der Waals surface area contributed by atoms with Gasteiger partial charge < -0.3 is 4.74 Å². The summed E-state index contributed by atoms with van der Waals surface area (Å²) in [4.78, 5) is 11.8. The number of carbonyl (C=O) groups excluding carboxylic acids is 1. The van der Waals surface area contributed by atoms with E-state index in [0.717, 1.165) is 16.7 Å². The van der Waals surface area contributed by atoms with Gasteiger partial charge in [0.15, 0.2) is 0 Å². The van der Waals surface area contributed by atoms with Crippen molar-refractivity contribution < 1.29 is 9.53 Å². The van der Waals surface area contributed by atoms with Gasteiger partial charge in [0.2, 0.25) is 0 Å². The highest BCUT2D eigenvalue weighted by Gasteiger charge is 2.23. The molecule has 1 atom stereocenters. The van der Waals surface area contributed by atoms with Gasteiger partial charge in [0.25, 0.3) is 0 Å². The predicted molar refractivity (Wildman–Crippen MR) is 67.5 cm³/mol. The first kappa shape index (κ1) is 13.3. The third kappa shape index (κ3) is 3.08. The van der Waals surface area contributed by atoms with Crippen LogP contribution in [0.5, 0.6) is 0 Å². The molecule has 0 aliphatic carbocycles. The van der Waals surface area contributed by atoms with Crippen molar-refractivity contribution in [1.82, 2.24) is 5.32 Å². The van der Waals surface area contributed by atoms with Crippen LogP contribution in [0.2, 0.25) is 0 Å². The summed E-state index contributed by atoms with van der Waals surface area (Å²) in [6, 6.07) is 5.40. The number of carbonyl (C=O) groups is 1. The molecule has 0 aromatic heterocycles. The molecule has 0 radical (unpaired) electrons. The van der Waals surface area contributed by atoms with E-state index in [2.05, 4.69) is 11.2 Å². The Morgan fingerprint density at radius 1 is 1.47 bits per heavy atom. The van der Waals surface area contributed by atoms with Crippen LogP contribution in [0.4, 0.5) is 0 Å². The van der Waals surface area contributed by atoms with Crippen LogP contribution in [0.1, 0.15) is 22.7 Å². The maximum absolute atomic E-state index is 11.8. The number of methoxy groups -OCH3 is 1. The third-order valence-corrected chi connectivity index (χ3v) is 2.68.